The Hall–Kier alpha value is -5.26. The van der Waals surface area contributed by atoms with Gasteiger partial charge in [0.05, 0.1) is 26.8 Å². The van der Waals surface area contributed by atoms with Crippen LogP contribution in [0.2, 0.25) is 0 Å². The van der Waals surface area contributed by atoms with E-state index in [1.165, 1.54) is 161 Å². The molecule has 2 aromatic heterocycles. The molecule has 4 aliphatic heterocycles. The summed E-state index contributed by atoms with van der Waals surface area (Å²) >= 11 is 2.00. The average Bonchev–Trinajstić information content (AvgIpc) is 3.96. The van der Waals surface area contributed by atoms with Gasteiger partial charge in [-0.1, -0.05) is 148 Å². The Labute approximate surface area is 408 Å². The van der Waals surface area contributed by atoms with Crippen molar-refractivity contribution in [2.75, 3.05) is 9.80 Å². The molecule has 342 valence electrons. The van der Waals surface area contributed by atoms with Crippen LogP contribution in [0.1, 0.15) is 148 Å². The van der Waals surface area contributed by atoms with Gasteiger partial charge in [-0.05, 0) is 149 Å². The number of aryl methyl sites for hydroxylation is 1. The lowest BCUT2D eigenvalue weighted by Crippen LogP contribution is -2.64. The van der Waals surface area contributed by atoms with Gasteiger partial charge in [-0.3, -0.25) is 0 Å². The molecule has 14 rings (SSSR count). The summed E-state index contributed by atoms with van der Waals surface area (Å²) in [5.41, 5.74) is 24.3. The lowest BCUT2D eigenvalue weighted by Gasteiger charge is -2.53. The van der Waals surface area contributed by atoms with Gasteiger partial charge in [-0.2, -0.15) is 0 Å². The van der Waals surface area contributed by atoms with Crippen molar-refractivity contribution < 1.29 is 0 Å². The topological polar surface area (TPSA) is 11.4 Å². The first-order valence-electron chi connectivity index (χ1n) is 26.1. The lowest BCUT2D eigenvalue weighted by atomic mass is 9.33. The number of hydrogen-bond donors (Lipinski definition) is 0. The number of nitrogens with zero attached hydrogens (tertiary/aromatic N) is 3. The molecule has 5 heteroatoms. The Balaban J connectivity index is 1.16. The number of rotatable bonds is 2. The van der Waals surface area contributed by atoms with E-state index in [-0.39, 0.29) is 39.5 Å². The third-order valence-corrected chi connectivity index (χ3v) is 20.9. The van der Waals surface area contributed by atoms with E-state index in [9.17, 15) is 0 Å². The molecular formula is C63H66BN3S. The summed E-state index contributed by atoms with van der Waals surface area (Å²) in [5.74, 6) is 0. The fourth-order valence-electron chi connectivity index (χ4n) is 15.6. The second-order valence-corrected chi connectivity index (χ2v) is 26.3. The van der Waals surface area contributed by atoms with Crippen LogP contribution < -0.4 is 26.2 Å². The summed E-state index contributed by atoms with van der Waals surface area (Å²) in [6, 6.07) is 42.1. The molecule has 4 atom stereocenters. The second kappa shape index (κ2) is 13.1. The van der Waals surface area contributed by atoms with Crippen LogP contribution in [0, 0.1) is 6.92 Å². The van der Waals surface area contributed by atoms with E-state index in [4.69, 9.17) is 0 Å². The Kier molecular flexibility index (Phi) is 8.05. The van der Waals surface area contributed by atoms with Gasteiger partial charge in [0.15, 0.2) is 0 Å². The summed E-state index contributed by atoms with van der Waals surface area (Å²) in [6.07, 6.45) is 9.86. The van der Waals surface area contributed by atoms with E-state index in [0.29, 0.717) is 0 Å². The lowest BCUT2D eigenvalue weighted by molar-refractivity contribution is 0.194. The van der Waals surface area contributed by atoms with Crippen molar-refractivity contribution in [1.29, 1.82) is 0 Å². The quantitative estimate of drug-likeness (QED) is 0.160. The first kappa shape index (κ1) is 41.7. The van der Waals surface area contributed by atoms with Gasteiger partial charge in [-0.25, -0.2) is 0 Å². The van der Waals surface area contributed by atoms with Gasteiger partial charge in [-0.15, -0.1) is 11.3 Å². The zero-order valence-electron chi connectivity index (χ0n) is 42.3. The largest absolute Gasteiger partial charge is 0.335 e. The molecule has 2 aliphatic carbocycles. The van der Waals surface area contributed by atoms with Crippen LogP contribution in [-0.4, -0.2) is 22.4 Å². The van der Waals surface area contributed by atoms with E-state index < -0.39 is 0 Å². The fraction of sp³-hybridized carbons (Fsp3) is 0.397. The van der Waals surface area contributed by atoms with Crippen molar-refractivity contribution in [1.82, 2.24) is 4.57 Å². The number of hydrogen-bond acceptors (Lipinski definition) is 3. The van der Waals surface area contributed by atoms with Gasteiger partial charge >= 0.3 is 0 Å². The smallest absolute Gasteiger partial charge is 0.252 e. The Morgan fingerprint density at radius 2 is 1.22 bits per heavy atom. The number of thiophene rings is 1. The van der Waals surface area contributed by atoms with Gasteiger partial charge in [0, 0.05) is 54.7 Å². The molecule has 0 N–H and O–H groups in total. The first-order chi connectivity index (χ1) is 32.4. The van der Waals surface area contributed by atoms with Crippen LogP contribution in [-0.2, 0) is 21.7 Å². The summed E-state index contributed by atoms with van der Waals surface area (Å²) in [7, 11) is 0. The monoisotopic (exact) mass is 908 g/mol. The highest BCUT2D eigenvalue weighted by molar-refractivity contribution is 7.26. The van der Waals surface area contributed by atoms with Crippen molar-refractivity contribution in [3.63, 3.8) is 0 Å². The summed E-state index contributed by atoms with van der Waals surface area (Å²) in [6.45, 7) is 27.2. The summed E-state index contributed by atoms with van der Waals surface area (Å²) in [5, 5.41) is 2.78. The Morgan fingerprint density at radius 1 is 0.559 bits per heavy atom. The number of benzene rings is 6. The molecule has 6 aromatic carbocycles. The number of fused-ring (bicyclic) bond motifs is 15. The van der Waals surface area contributed by atoms with E-state index >= 15 is 0 Å². The maximum absolute atomic E-state index is 2.97. The highest BCUT2D eigenvalue weighted by Gasteiger charge is 2.62. The fourth-order valence-corrected chi connectivity index (χ4v) is 16.8. The maximum atomic E-state index is 2.97. The highest BCUT2D eigenvalue weighted by atomic mass is 32.1. The number of para-hydroxylation sites is 1. The van der Waals surface area contributed by atoms with Crippen LogP contribution in [0.3, 0.4) is 0 Å². The zero-order chi connectivity index (χ0) is 46.8. The predicted octanol–water partition coefficient (Wildman–Crippen LogP) is 15.2. The molecule has 0 saturated heterocycles. The Bertz CT molecular complexity index is 3560. The molecule has 6 heterocycles. The molecule has 0 amide bonds. The average molecular weight is 908 g/mol. The minimum atomic E-state index is -0.0976. The highest BCUT2D eigenvalue weighted by Crippen LogP contribution is 2.65. The van der Waals surface area contributed by atoms with E-state index in [0.717, 1.165) is 0 Å². The minimum Gasteiger partial charge on any atom is -0.335 e. The molecule has 0 spiro atoms. The molecule has 0 bridgehead atoms. The molecule has 3 nitrogen and oxygen atoms in total. The van der Waals surface area contributed by atoms with E-state index in [1.807, 2.05) is 11.3 Å². The number of anilines is 4. The Morgan fingerprint density at radius 3 is 1.96 bits per heavy atom. The standard InChI is InChI=1S/C63H66BN3S/c1-37-30-39(58(2,3)4)24-25-42(37)38-31-46-56-47(32-38)64-48-34-40(59(5,6)7)33-44-54(48)65(55-43-20-12-15-23-52(43)68-57(44)55)50-35-41(36-51(53(50)64)67(56)63(11)29-19-17-27-61(46,63)9)66-49-22-14-13-21-45(49)60(8)26-16-18-28-62(60,66)10/h12-15,20-25,30-36H,16-19,26-29H2,1-11H3. The maximum Gasteiger partial charge on any atom is 0.252 e. The van der Waals surface area contributed by atoms with Crippen LogP contribution >= 0.6 is 11.3 Å². The molecule has 8 aromatic rings. The van der Waals surface area contributed by atoms with Crippen LogP contribution in [0.5, 0.6) is 0 Å². The van der Waals surface area contributed by atoms with Gasteiger partial charge in [0.2, 0.25) is 0 Å². The van der Waals surface area contributed by atoms with Crippen molar-refractivity contribution in [2.24, 2.45) is 0 Å². The molecule has 68 heavy (non-hydrogen) atoms. The normalized spacial score (nSPS) is 25.5. The summed E-state index contributed by atoms with van der Waals surface area (Å²) in [4.78, 5) is 5.83. The third-order valence-electron chi connectivity index (χ3n) is 19.7. The van der Waals surface area contributed by atoms with E-state index in [1.54, 1.807) is 5.56 Å². The van der Waals surface area contributed by atoms with Gasteiger partial charge in [0.1, 0.15) is 0 Å². The van der Waals surface area contributed by atoms with Crippen molar-refractivity contribution >= 4 is 88.4 Å². The molecule has 4 unspecified atom stereocenters. The van der Waals surface area contributed by atoms with Crippen LogP contribution in [0.15, 0.2) is 103 Å². The van der Waals surface area contributed by atoms with Crippen molar-refractivity contribution in [3.8, 4) is 16.8 Å². The SMILES string of the molecule is Cc1cc(C(C)(C)C)ccc1-c1cc2c3c(c1)C1(C)CCCCC1(C)N3c1cc(N3c4ccccc4C4(C)CCCCC34C)cc3c1B2c1cc(C(C)(C)C)cc2c4sc5ccccc5c4n-3c12. The molecule has 6 aliphatic rings. The molecule has 2 fully saturated rings. The van der Waals surface area contributed by atoms with E-state index in [2.05, 4.69) is 194 Å². The van der Waals surface area contributed by atoms with Gasteiger partial charge < -0.3 is 14.4 Å². The van der Waals surface area contributed by atoms with Crippen LogP contribution in [0.25, 0.3) is 48.0 Å². The molecule has 2 saturated carbocycles. The van der Waals surface area contributed by atoms with Crippen LogP contribution in [0.4, 0.5) is 22.7 Å². The number of aromatic nitrogens is 1. The predicted molar refractivity (Wildman–Crippen MR) is 294 cm³/mol. The van der Waals surface area contributed by atoms with Crippen molar-refractivity contribution in [3.05, 3.63) is 131 Å². The van der Waals surface area contributed by atoms with Crippen molar-refractivity contribution in [2.45, 2.75) is 160 Å². The van der Waals surface area contributed by atoms with Gasteiger partial charge in [0.25, 0.3) is 6.71 Å². The minimum absolute atomic E-state index is 0.0239. The molecule has 0 radical (unpaired) electrons. The second-order valence-electron chi connectivity index (χ2n) is 25.2. The first-order valence-corrected chi connectivity index (χ1v) is 26.9. The molecular weight excluding hydrogens is 842 g/mol. The zero-order valence-corrected chi connectivity index (χ0v) is 43.1. The summed E-state index contributed by atoms with van der Waals surface area (Å²) < 4.78 is 5.58. The third kappa shape index (κ3) is 4.93.